The van der Waals surface area contributed by atoms with Gasteiger partial charge in [0.15, 0.2) is 0 Å². The molecule has 0 bridgehead atoms. The Bertz CT molecular complexity index is 816. The molecule has 1 aliphatic rings. The maximum atomic E-state index is 10.7. The number of allylic oxidation sites excluding steroid dienone is 4. The highest BCUT2D eigenvalue weighted by molar-refractivity contribution is 5.65. The van der Waals surface area contributed by atoms with Crippen LogP contribution >= 0.6 is 0 Å². The molecule has 0 aliphatic heterocycles. The van der Waals surface area contributed by atoms with Gasteiger partial charge >= 0.3 is 0 Å². The van der Waals surface area contributed by atoms with Crippen LogP contribution in [0.3, 0.4) is 0 Å². The quantitative estimate of drug-likeness (QED) is 0.463. The minimum absolute atomic E-state index is 0.102. The second kappa shape index (κ2) is 6.11. The van der Waals surface area contributed by atoms with E-state index in [0.29, 0.717) is 0 Å². The summed E-state index contributed by atoms with van der Waals surface area (Å²) in [5.74, 6) is 6.29. The summed E-state index contributed by atoms with van der Waals surface area (Å²) in [7, 11) is 0. The molecule has 22 heavy (non-hydrogen) atoms. The van der Waals surface area contributed by atoms with E-state index < -0.39 is 4.92 Å². The van der Waals surface area contributed by atoms with Crippen molar-refractivity contribution in [3.63, 3.8) is 0 Å². The van der Waals surface area contributed by atoms with Crippen LogP contribution in [0, 0.1) is 22.0 Å². The van der Waals surface area contributed by atoms with E-state index >= 15 is 0 Å². The van der Waals surface area contributed by atoms with Gasteiger partial charge in [-0.15, -0.1) is 0 Å². The lowest BCUT2D eigenvalue weighted by Crippen LogP contribution is -1.87. The molecule has 0 N–H and O–H groups in total. The molecule has 0 saturated carbocycles. The topological polar surface area (TPSA) is 43.1 Å². The van der Waals surface area contributed by atoms with Gasteiger partial charge in [0.2, 0.25) is 0 Å². The standard InChI is InChI=1S/C19H13NO2/c21-20(22)19-13-11-18(12-14-19)17-9-7-16(8-10-17)6-5-15-3-1-2-4-15/h1-3,7-14H,4H2. The minimum Gasteiger partial charge on any atom is -0.258 e. The molecule has 2 aromatic carbocycles. The van der Waals surface area contributed by atoms with Crippen molar-refractivity contribution in [3.05, 3.63) is 88.0 Å². The lowest BCUT2D eigenvalue weighted by Gasteiger charge is -2.01. The molecule has 3 rings (SSSR count). The first-order valence-corrected chi connectivity index (χ1v) is 6.95. The lowest BCUT2D eigenvalue weighted by atomic mass is 10.0. The molecule has 0 aromatic heterocycles. The third-order valence-corrected chi connectivity index (χ3v) is 3.44. The zero-order valence-corrected chi connectivity index (χ0v) is 11.8. The van der Waals surface area contributed by atoms with Crippen LogP contribution in [-0.4, -0.2) is 4.92 Å². The SMILES string of the molecule is O=[N+]([O-])c1ccc(-c2ccc(C#CC3=CC=CC3)cc2)cc1. The van der Waals surface area contributed by atoms with Crippen molar-refractivity contribution in [2.24, 2.45) is 0 Å². The third-order valence-electron chi connectivity index (χ3n) is 3.44. The van der Waals surface area contributed by atoms with Gasteiger partial charge in [-0.05, 0) is 41.8 Å². The van der Waals surface area contributed by atoms with E-state index in [1.807, 2.05) is 36.4 Å². The Balaban J connectivity index is 1.77. The zero-order valence-electron chi connectivity index (χ0n) is 11.8. The Morgan fingerprint density at radius 2 is 1.55 bits per heavy atom. The van der Waals surface area contributed by atoms with E-state index in [1.54, 1.807) is 12.1 Å². The molecular weight excluding hydrogens is 274 g/mol. The van der Waals surface area contributed by atoms with Crippen molar-refractivity contribution in [2.75, 3.05) is 0 Å². The first-order valence-electron chi connectivity index (χ1n) is 6.95. The fourth-order valence-corrected chi connectivity index (χ4v) is 2.21. The highest BCUT2D eigenvalue weighted by Gasteiger charge is 2.04. The van der Waals surface area contributed by atoms with Gasteiger partial charge in [-0.25, -0.2) is 0 Å². The van der Waals surface area contributed by atoms with Crippen LogP contribution in [0.5, 0.6) is 0 Å². The summed E-state index contributed by atoms with van der Waals surface area (Å²) in [6, 6.07) is 14.4. The van der Waals surface area contributed by atoms with Crippen molar-refractivity contribution in [1.82, 2.24) is 0 Å². The Kier molecular flexibility index (Phi) is 3.84. The summed E-state index contributed by atoms with van der Waals surface area (Å²) in [4.78, 5) is 10.3. The van der Waals surface area contributed by atoms with Gasteiger partial charge in [0.1, 0.15) is 0 Å². The average molecular weight is 287 g/mol. The average Bonchev–Trinajstić information content (AvgIpc) is 3.07. The van der Waals surface area contributed by atoms with Crippen molar-refractivity contribution in [1.29, 1.82) is 0 Å². The van der Waals surface area contributed by atoms with Gasteiger partial charge in [-0.3, -0.25) is 10.1 Å². The second-order valence-corrected chi connectivity index (χ2v) is 4.96. The number of hydrogen-bond acceptors (Lipinski definition) is 2. The molecule has 3 heteroatoms. The van der Waals surface area contributed by atoms with Crippen LogP contribution in [0.1, 0.15) is 12.0 Å². The number of nitro groups is 1. The fourth-order valence-electron chi connectivity index (χ4n) is 2.21. The zero-order chi connectivity index (χ0) is 15.4. The smallest absolute Gasteiger partial charge is 0.258 e. The van der Waals surface area contributed by atoms with Crippen LogP contribution < -0.4 is 0 Å². The van der Waals surface area contributed by atoms with E-state index in [4.69, 9.17) is 0 Å². The maximum absolute atomic E-state index is 10.7. The Hall–Kier alpha value is -3.12. The summed E-state index contributed by atoms with van der Waals surface area (Å²) >= 11 is 0. The summed E-state index contributed by atoms with van der Waals surface area (Å²) in [5.41, 5.74) is 4.15. The number of nitro benzene ring substituents is 1. The van der Waals surface area contributed by atoms with E-state index in [-0.39, 0.29) is 5.69 Å². The molecule has 0 amide bonds. The largest absolute Gasteiger partial charge is 0.269 e. The predicted molar refractivity (Wildman–Crippen MR) is 87.3 cm³/mol. The highest BCUT2D eigenvalue weighted by atomic mass is 16.6. The van der Waals surface area contributed by atoms with Gasteiger partial charge in [0.05, 0.1) is 4.92 Å². The molecular formula is C19H13NO2. The van der Waals surface area contributed by atoms with Gasteiger partial charge in [0.25, 0.3) is 5.69 Å². The van der Waals surface area contributed by atoms with Crippen LogP contribution in [0.2, 0.25) is 0 Å². The molecule has 0 unspecified atom stereocenters. The Morgan fingerprint density at radius 3 is 2.09 bits per heavy atom. The van der Waals surface area contributed by atoms with Crippen molar-refractivity contribution >= 4 is 5.69 Å². The number of benzene rings is 2. The lowest BCUT2D eigenvalue weighted by molar-refractivity contribution is -0.384. The molecule has 1 aliphatic carbocycles. The van der Waals surface area contributed by atoms with E-state index in [1.165, 1.54) is 12.1 Å². The minimum atomic E-state index is -0.394. The third kappa shape index (κ3) is 3.13. The monoisotopic (exact) mass is 287 g/mol. The van der Waals surface area contributed by atoms with Crippen LogP contribution in [0.4, 0.5) is 5.69 Å². The van der Waals surface area contributed by atoms with Crippen molar-refractivity contribution in [3.8, 4) is 23.0 Å². The molecule has 0 saturated heterocycles. The van der Waals surface area contributed by atoms with Gasteiger partial charge in [-0.2, -0.15) is 0 Å². The molecule has 0 atom stereocenters. The van der Waals surface area contributed by atoms with Gasteiger partial charge in [-0.1, -0.05) is 42.2 Å². The van der Waals surface area contributed by atoms with Crippen LogP contribution in [0.15, 0.2) is 72.3 Å². The van der Waals surface area contributed by atoms with Gasteiger partial charge in [0, 0.05) is 23.3 Å². The predicted octanol–water partition coefficient (Wildman–Crippen LogP) is 4.50. The maximum Gasteiger partial charge on any atom is 0.269 e. The Morgan fingerprint density at radius 1 is 0.909 bits per heavy atom. The first-order chi connectivity index (χ1) is 10.7. The van der Waals surface area contributed by atoms with Gasteiger partial charge < -0.3 is 0 Å². The normalized spacial score (nSPS) is 12.5. The molecule has 0 heterocycles. The number of hydrogen-bond donors (Lipinski definition) is 0. The van der Waals surface area contributed by atoms with E-state index in [2.05, 4.69) is 17.9 Å². The Labute approximate surface area is 128 Å². The molecule has 0 radical (unpaired) electrons. The van der Waals surface area contributed by atoms with Crippen LogP contribution in [-0.2, 0) is 0 Å². The second-order valence-electron chi connectivity index (χ2n) is 4.96. The highest BCUT2D eigenvalue weighted by Crippen LogP contribution is 2.22. The summed E-state index contributed by atoms with van der Waals surface area (Å²) < 4.78 is 0. The molecule has 2 aromatic rings. The molecule has 0 spiro atoms. The first kappa shape index (κ1) is 13.8. The summed E-state index contributed by atoms with van der Waals surface area (Å²) in [5, 5.41) is 10.7. The fraction of sp³-hybridized carbons (Fsp3) is 0.0526. The van der Waals surface area contributed by atoms with Crippen molar-refractivity contribution in [2.45, 2.75) is 6.42 Å². The van der Waals surface area contributed by atoms with Crippen LogP contribution in [0.25, 0.3) is 11.1 Å². The number of rotatable bonds is 2. The van der Waals surface area contributed by atoms with E-state index in [9.17, 15) is 10.1 Å². The molecule has 0 fully saturated rings. The number of non-ortho nitro benzene ring substituents is 1. The number of nitrogens with zero attached hydrogens (tertiary/aromatic N) is 1. The summed E-state index contributed by atoms with van der Waals surface area (Å²) in [6.07, 6.45) is 7.04. The molecule has 3 nitrogen and oxygen atoms in total. The van der Waals surface area contributed by atoms with Crippen molar-refractivity contribution < 1.29 is 4.92 Å². The van der Waals surface area contributed by atoms with E-state index in [0.717, 1.165) is 28.7 Å². The summed E-state index contributed by atoms with van der Waals surface area (Å²) in [6.45, 7) is 0. The molecule has 106 valence electrons.